The molecule has 13 heavy (non-hydrogen) atoms. The highest BCUT2D eigenvalue weighted by Crippen LogP contribution is 2.37. The first-order valence-electron chi connectivity index (χ1n) is 4.11. The molecule has 0 saturated heterocycles. The summed E-state index contributed by atoms with van der Waals surface area (Å²) in [6.07, 6.45) is 0.803. The van der Waals surface area contributed by atoms with Crippen LogP contribution in [0.1, 0.15) is 12.5 Å². The van der Waals surface area contributed by atoms with Crippen LogP contribution in [0.4, 0.5) is 0 Å². The Balaban J connectivity index is 2.85. The van der Waals surface area contributed by atoms with Gasteiger partial charge in [0.25, 0.3) is 0 Å². The molecule has 0 atom stereocenters. The van der Waals surface area contributed by atoms with Gasteiger partial charge in [0.05, 0.1) is 9.72 Å². The zero-order valence-electron chi connectivity index (χ0n) is 7.17. The third-order valence-electron chi connectivity index (χ3n) is 2.12. The minimum Gasteiger partial charge on any atom is -0.507 e. The summed E-state index contributed by atoms with van der Waals surface area (Å²) in [5, 5.41) is 13.4. The van der Waals surface area contributed by atoms with E-state index in [1.54, 1.807) is 11.3 Å². The predicted octanol–water partition coefficient (Wildman–Crippen LogP) is 3.82. The minimum absolute atomic E-state index is 0.378. The van der Waals surface area contributed by atoms with Gasteiger partial charge < -0.3 is 5.11 Å². The molecule has 2 rings (SSSR count). The number of benzene rings is 1. The smallest absolute Gasteiger partial charge is 0.127 e. The summed E-state index contributed by atoms with van der Waals surface area (Å²) in [6, 6.07) is 3.75. The van der Waals surface area contributed by atoms with E-state index in [0.29, 0.717) is 5.75 Å². The highest BCUT2D eigenvalue weighted by Gasteiger charge is 2.09. The van der Waals surface area contributed by atoms with Crippen LogP contribution in [0.25, 0.3) is 10.1 Å². The van der Waals surface area contributed by atoms with Crippen LogP contribution in [-0.4, -0.2) is 5.11 Å². The second-order valence-electron chi connectivity index (χ2n) is 2.88. The van der Waals surface area contributed by atoms with Gasteiger partial charge in [-0.25, -0.2) is 0 Å². The van der Waals surface area contributed by atoms with Gasteiger partial charge in [-0.3, -0.25) is 0 Å². The third-order valence-corrected chi connectivity index (χ3v) is 3.48. The zero-order chi connectivity index (χ0) is 9.42. The van der Waals surface area contributed by atoms with Crippen molar-refractivity contribution in [3.63, 3.8) is 0 Å². The van der Waals surface area contributed by atoms with Crippen LogP contribution in [-0.2, 0) is 6.42 Å². The number of rotatable bonds is 1. The molecule has 0 fully saturated rings. The molecule has 0 aliphatic rings. The van der Waals surface area contributed by atoms with E-state index in [0.717, 1.165) is 27.1 Å². The van der Waals surface area contributed by atoms with Crippen molar-refractivity contribution in [1.29, 1.82) is 0 Å². The van der Waals surface area contributed by atoms with E-state index in [-0.39, 0.29) is 0 Å². The molecular formula is C10H9ClOS. The van der Waals surface area contributed by atoms with Gasteiger partial charge in [0, 0.05) is 5.39 Å². The molecule has 2 aromatic rings. The van der Waals surface area contributed by atoms with Crippen molar-refractivity contribution in [3.05, 3.63) is 28.1 Å². The van der Waals surface area contributed by atoms with Crippen molar-refractivity contribution >= 4 is 33.0 Å². The SMILES string of the molecule is CCc1cc(Cl)c2sccc2c1O. The Morgan fingerprint density at radius 2 is 2.31 bits per heavy atom. The maximum atomic E-state index is 9.81. The summed E-state index contributed by atoms with van der Waals surface area (Å²) in [5.74, 6) is 0.378. The molecule has 0 unspecified atom stereocenters. The second kappa shape index (κ2) is 3.20. The van der Waals surface area contributed by atoms with E-state index < -0.39 is 0 Å². The van der Waals surface area contributed by atoms with E-state index in [2.05, 4.69) is 0 Å². The van der Waals surface area contributed by atoms with Crippen molar-refractivity contribution in [1.82, 2.24) is 0 Å². The van der Waals surface area contributed by atoms with Crippen LogP contribution in [0.3, 0.4) is 0 Å². The molecule has 0 radical (unpaired) electrons. The molecule has 1 heterocycles. The number of aryl methyl sites for hydroxylation is 1. The number of phenols is 1. The lowest BCUT2D eigenvalue weighted by atomic mass is 10.1. The monoisotopic (exact) mass is 212 g/mol. The summed E-state index contributed by atoms with van der Waals surface area (Å²) < 4.78 is 0.969. The Hall–Kier alpha value is -0.730. The van der Waals surface area contributed by atoms with Crippen LogP contribution < -0.4 is 0 Å². The summed E-state index contributed by atoms with van der Waals surface area (Å²) in [5.41, 5.74) is 0.913. The number of halogens is 1. The number of thiophene rings is 1. The third kappa shape index (κ3) is 1.30. The fourth-order valence-corrected chi connectivity index (χ4v) is 2.58. The summed E-state index contributed by atoms with van der Waals surface area (Å²) in [7, 11) is 0. The van der Waals surface area contributed by atoms with Crippen molar-refractivity contribution in [2.24, 2.45) is 0 Å². The van der Waals surface area contributed by atoms with Crippen molar-refractivity contribution in [2.45, 2.75) is 13.3 Å². The molecule has 1 aromatic heterocycles. The first-order valence-corrected chi connectivity index (χ1v) is 5.37. The van der Waals surface area contributed by atoms with Crippen LogP contribution in [0, 0.1) is 0 Å². The van der Waals surface area contributed by atoms with Gasteiger partial charge in [-0.2, -0.15) is 0 Å². The number of fused-ring (bicyclic) bond motifs is 1. The van der Waals surface area contributed by atoms with Gasteiger partial charge in [0.1, 0.15) is 5.75 Å². The normalized spacial score (nSPS) is 10.9. The number of aromatic hydroxyl groups is 1. The molecule has 1 nitrogen and oxygen atoms in total. The van der Waals surface area contributed by atoms with Gasteiger partial charge in [-0.1, -0.05) is 18.5 Å². The van der Waals surface area contributed by atoms with Crippen molar-refractivity contribution < 1.29 is 5.11 Å². The molecule has 0 spiro atoms. The van der Waals surface area contributed by atoms with E-state index in [1.165, 1.54) is 0 Å². The predicted molar refractivity (Wildman–Crippen MR) is 57.9 cm³/mol. The van der Waals surface area contributed by atoms with Gasteiger partial charge in [0.15, 0.2) is 0 Å². The minimum atomic E-state index is 0.378. The lowest BCUT2D eigenvalue weighted by Crippen LogP contribution is -1.81. The van der Waals surface area contributed by atoms with Gasteiger partial charge >= 0.3 is 0 Å². The van der Waals surface area contributed by atoms with Crippen LogP contribution in [0.2, 0.25) is 5.02 Å². The fourth-order valence-electron chi connectivity index (χ4n) is 1.41. The van der Waals surface area contributed by atoms with Crippen LogP contribution in [0.5, 0.6) is 5.75 Å². The number of hydrogen-bond donors (Lipinski definition) is 1. The highest BCUT2D eigenvalue weighted by molar-refractivity contribution is 7.18. The summed E-state index contributed by atoms with van der Waals surface area (Å²) in [4.78, 5) is 0. The zero-order valence-corrected chi connectivity index (χ0v) is 8.75. The molecular weight excluding hydrogens is 204 g/mol. The van der Waals surface area contributed by atoms with Crippen molar-refractivity contribution in [3.8, 4) is 5.75 Å². The molecule has 0 saturated carbocycles. The Morgan fingerprint density at radius 1 is 1.54 bits per heavy atom. The average molecular weight is 213 g/mol. The van der Waals surface area contributed by atoms with Gasteiger partial charge in [0.2, 0.25) is 0 Å². The fraction of sp³-hybridized carbons (Fsp3) is 0.200. The summed E-state index contributed by atoms with van der Waals surface area (Å²) >= 11 is 7.61. The molecule has 3 heteroatoms. The van der Waals surface area contributed by atoms with E-state index in [4.69, 9.17) is 11.6 Å². The molecule has 1 aromatic carbocycles. The highest BCUT2D eigenvalue weighted by atomic mass is 35.5. The molecule has 0 bridgehead atoms. The number of hydrogen-bond acceptors (Lipinski definition) is 2. The first kappa shape index (κ1) is 8.85. The quantitative estimate of drug-likeness (QED) is 0.762. The Morgan fingerprint density at radius 3 is 3.00 bits per heavy atom. The largest absolute Gasteiger partial charge is 0.507 e. The van der Waals surface area contributed by atoms with Crippen LogP contribution in [0.15, 0.2) is 17.5 Å². The lowest BCUT2D eigenvalue weighted by molar-refractivity contribution is 0.475. The first-order chi connectivity index (χ1) is 6.24. The molecule has 0 aliphatic carbocycles. The maximum Gasteiger partial charge on any atom is 0.127 e. The van der Waals surface area contributed by atoms with Gasteiger partial charge in [-0.15, -0.1) is 11.3 Å². The van der Waals surface area contributed by atoms with Crippen molar-refractivity contribution in [2.75, 3.05) is 0 Å². The average Bonchev–Trinajstić information content (AvgIpc) is 2.60. The second-order valence-corrected chi connectivity index (χ2v) is 4.21. The van der Waals surface area contributed by atoms with Gasteiger partial charge in [-0.05, 0) is 29.5 Å². The Kier molecular flexibility index (Phi) is 2.18. The molecule has 0 aliphatic heterocycles. The standard InChI is InChI=1S/C10H9ClOS/c1-2-6-5-8(11)10-7(9(6)12)3-4-13-10/h3-5,12H,2H2,1H3. The topological polar surface area (TPSA) is 20.2 Å². The maximum absolute atomic E-state index is 9.81. The molecule has 1 N–H and O–H groups in total. The molecule has 0 amide bonds. The molecule has 68 valence electrons. The van der Waals surface area contributed by atoms with E-state index in [9.17, 15) is 5.11 Å². The van der Waals surface area contributed by atoms with E-state index in [1.807, 2.05) is 24.4 Å². The lowest BCUT2D eigenvalue weighted by Gasteiger charge is -2.04. The summed E-state index contributed by atoms with van der Waals surface area (Å²) in [6.45, 7) is 2.00. The number of phenolic OH excluding ortho intramolecular Hbond substituents is 1. The van der Waals surface area contributed by atoms with E-state index >= 15 is 0 Å². The van der Waals surface area contributed by atoms with Crippen LogP contribution >= 0.6 is 22.9 Å². The Bertz CT molecular complexity index is 447. The Labute approximate surface area is 85.6 Å².